The summed E-state index contributed by atoms with van der Waals surface area (Å²) in [6, 6.07) is 0. The standard InChI is InChI=1S/C9H19NO2/c1-2-3-4-5-7-10-9(12)6-8-11/h11H,2-8H2,1H3,(H,10,12). The Morgan fingerprint density at radius 3 is 2.67 bits per heavy atom. The lowest BCUT2D eigenvalue weighted by atomic mass is 10.2. The molecule has 0 fully saturated rings. The van der Waals surface area contributed by atoms with Gasteiger partial charge in [-0.1, -0.05) is 26.2 Å². The maximum Gasteiger partial charge on any atom is 0.222 e. The first-order chi connectivity index (χ1) is 5.81. The largest absolute Gasteiger partial charge is 0.396 e. The fraction of sp³-hybridized carbons (Fsp3) is 0.889. The van der Waals surface area contributed by atoms with E-state index in [4.69, 9.17) is 5.11 Å². The van der Waals surface area contributed by atoms with Gasteiger partial charge in [-0.05, 0) is 6.42 Å². The van der Waals surface area contributed by atoms with Crippen LogP contribution >= 0.6 is 0 Å². The van der Waals surface area contributed by atoms with Crippen molar-refractivity contribution in [2.45, 2.75) is 39.0 Å². The molecular formula is C9H19NO2. The zero-order valence-corrected chi connectivity index (χ0v) is 7.81. The van der Waals surface area contributed by atoms with E-state index in [1.165, 1.54) is 19.3 Å². The molecule has 0 aliphatic rings. The number of carbonyl (C=O) groups is 1. The second-order valence-corrected chi connectivity index (χ2v) is 2.88. The Balaban J connectivity index is 3.03. The number of hydrogen-bond acceptors (Lipinski definition) is 2. The molecular weight excluding hydrogens is 154 g/mol. The highest BCUT2D eigenvalue weighted by Gasteiger charge is 1.97. The Hall–Kier alpha value is -0.570. The number of aliphatic hydroxyl groups is 1. The van der Waals surface area contributed by atoms with E-state index in [9.17, 15) is 4.79 Å². The highest BCUT2D eigenvalue weighted by atomic mass is 16.3. The number of unbranched alkanes of at least 4 members (excludes halogenated alkanes) is 3. The number of rotatable bonds is 7. The normalized spacial score (nSPS) is 9.83. The third-order valence-electron chi connectivity index (χ3n) is 1.69. The molecule has 0 aliphatic heterocycles. The van der Waals surface area contributed by atoms with Crippen LogP contribution < -0.4 is 5.32 Å². The number of hydrogen-bond donors (Lipinski definition) is 2. The summed E-state index contributed by atoms with van der Waals surface area (Å²) in [5, 5.41) is 11.2. The van der Waals surface area contributed by atoms with E-state index in [2.05, 4.69) is 12.2 Å². The Kier molecular flexibility index (Phi) is 8.12. The number of amides is 1. The molecule has 0 saturated carbocycles. The van der Waals surface area contributed by atoms with Gasteiger partial charge in [-0.25, -0.2) is 0 Å². The first kappa shape index (κ1) is 11.4. The molecule has 0 unspecified atom stereocenters. The van der Waals surface area contributed by atoms with E-state index >= 15 is 0 Å². The van der Waals surface area contributed by atoms with E-state index in [0.717, 1.165) is 13.0 Å². The van der Waals surface area contributed by atoms with Gasteiger partial charge >= 0.3 is 0 Å². The summed E-state index contributed by atoms with van der Waals surface area (Å²) < 4.78 is 0. The molecule has 0 rings (SSSR count). The molecule has 0 aliphatic carbocycles. The SMILES string of the molecule is CCCCCCNC(=O)CCO. The number of aliphatic hydroxyl groups excluding tert-OH is 1. The van der Waals surface area contributed by atoms with Crippen molar-refractivity contribution < 1.29 is 9.90 Å². The van der Waals surface area contributed by atoms with Gasteiger partial charge < -0.3 is 10.4 Å². The van der Waals surface area contributed by atoms with Gasteiger partial charge in [0.05, 0.1) is 6.61 Å². The van der Waals surface area contributed by atoms with Crippen molar-refractivity contribution in [2.24, 2.45) is 0 Å². The molecule has 3 heteroatoms. The highest BCUT2D eigenvalue weighted by Crippen LogP contribution is 1.96. The summed E-state index contributed by atoms with van der Waals surface area (Å²) in [5.74, 6) is -0.0472. The Bertz CT molecular complexity index is 115. The molecule has 0 aromatic heterocycles. The van der Waals surface area contributed by atoms with Crippen molar-refractivity contribution in [3.8, 4) is 0 Å². The van der Waals surface area contributed by atoms with Crippen molar-refractivity contribution in [3.63, 3.8) is 0 Å². The van der Waals surface area contributed by atoms with Gasteiger partial charge in [0.15, 0.2) is 0 Å². The lowest BCUT2D eigenvalue weighted by Gasteiger charge is -2.02. The predicted octanol–water partition coefficient (Wildman–Crippen LogP) is 1.07. The van der Waals surface area contributed by atoms with Gasteiger partial charge in [0.1, 0.15) is 0 Å². The van der Waals surface area contributed by atoms with Crippen LogP contribution in [0.1, 0.15) is 39.0 Å². The van der Waals surface area contributed by atoms with Crippen LogP contribution in [0.2, 0.25) is 0 Å². The van der Waals surface area contributed by atoms with Crippen molar-refractivity contribution in [1.29, 1.82) is 0 Å². The zero-order valence-electron chi connectivity index (χ0n) is 7.81. The van der Waals surface area contributed by atoms with E-state index in [0.29, 0.717) is 0 Å². The van der Waals surface area contributed by atoms with Crippen LogP contribution in [0.25, 0.3) is 0 Å². The number of nitrogens with one attached hydrogen (secondary N) is 1. The first-order valence-corrected chi connectivity index (χ1v) is 4.68. The Labute approximate surface area is 74.2 Å². The topological polar surface area (TPSA) is 49.3 Å². The van der Waals surface area contributed by atoms with Crippen LogP contribution in [-0.2, 0) is 4.79 Å². The fourth-order valence-corrected chi connectivity index (χ4v) is 0.970. The second-order valence-electron chi connectivity index (χ2n) is 2.88. The number of carbonyl (C=O) groups excluding carboxylic acids is 1. The summed E-state index contributed by atoms with van der Waals surface area (Å²) >= 11 is 0. The minimum Gasteiger partial charge on any atom is -0.396 e. The molecule has 72 valence electrons. The van der Waals surface area contributed by atoms with Crippen molar-refractivity contribution in [2.75, 3.05) is 13.2 Å². The molecule has 0 saturated heterocycles. The van der Waals surface area contributed by atoms with Gasteiger partial charge in [0.25, 0.3) is 0 Å². The highest BCUT2D eigenvalue weighted by molar-refractivity contribution is 5.75. The van der Waals surface area contributed by atoms with Crippen LogP contribution in [0.15, 0.2) is 0 Å². The van der Waals surface area contributed by atoms with Crippen molar-refractivity contribution in [3.05, 3.63) is 0 Å². The lowest BCUT2D eigenvalue weighted by Crippen LogP contribution is -2.24. The van der Waals surface area contributed by atoms with E-state index in [1.54, 1.807) is 0 Å². The van der Waals surface area contributed by atoms with Crippen LogP contribution in [0, 0.1) is 0 Å². The molecule has 0 aromatic carbocycles. The molecule has 0 aromatic rings. The van der Waals surface area contributed by atoms with Gasteiger partial charge in [0, 0.05) is 13.0 Å². The average molecular weight is 173 g/mol. The van der Waals surface area contributed by atoms with E-state index < -0.39 is 0 Å². The quantitative estimate of drug-likeness (QED) is 0.566. The monoisotopic (exact) mass is 173 g/mol. The Morgan fingerprint density at radius 2 is 2.08 bits per heavy atom. The molecule has 0 radical (unpaired) electrons. The third kappa shape index (κ3) is 7.54. The van der Waals surface area contributed by atoms with Gasteiger partial charge in [-0.15, -0.1) is 0 Å². The van der Waals surface area contributed by atoms with Crippen LogP contribution in [0.3, 0.4) is 0 Å². The molecule has 0 heterocycles. The molecule has 3 nitrogen and oxygen atoms in total. The van der Waals surface area contributed by atoms with Gasteiger partial charge in [-0.3, -0.25) is 4.79 Å². The average Bonchev–Trinajstić information content (AvgIpc) is 2.05. The molecule has 0 spiro atoms. The maximum atomic E-state index is 10.8. The van der Waals surface area contributed by atoms with Crippen molar-refractivity contribution in [1.82, 2.24) is 5.32 Å². The summed E-state index contributed by atoms with van der Waals surface area (Å²) in [6.07, 6.45) is 4.90. The van der Waals surface area contributed by atoms with Crippen LogP contribution in [0.4, 0.5) is 0 Å². The summed E-state index contributed by atoms with van der Waals surface area (Å²) in [7, 11) is 0. The Morgan fingerprint density at radius 1 is 1.33 bits per heavy atom. The smallest absolute Gasteiger partial charge is 0.222 e. The maximum absolute atomic E-state index is 10.8. The fourth-order valence-electron chi connectivity index (χ4n) is 0.970. The molecule has 0 atom stereocenters. The first-order valence-electron chi connectivity index (χ1n) is 4.68. The van der Waals surface area contributed by atoms with Gasteiger partial charge in [0.2, 0.25) is 5.91 Å². The van der Waals surface area contributed by atoms with E-state index in [1.807, 2.05) is 0 Å². The predicted molar refractivity (Wildman–Crippen MR) is 48.9 cm³/mol. The second kappa shape index (κ2) is 8.53. The third-order valence-corrected chi connectivity index (χ3v) is 1.69. The summed E-state index contributed by atoms with van der Waals surface area (Å²) in [4.78, 5) is 10.8. The van der Waals surface area contributed by atoms with E-state index in [-0.39, 0.29) is 18.9 Å². The zero-order chi connectivity index (χ0) is 9.23. The lowest BCUT2D eigenvalue weighted by molar-refractivity contribution is -0.121. The minimum absolute atomic E-state index is 0.0472. The molecule has 0 bridgehead atoms. The minimum atomic E-state index is -0.0548. The molecule has 2 N–H and O–H groups in total. The summed E-state index contributed by atoms with van der Waals surface area (Å²) in [6.45, 7) is 2.85. The van der Waals surface area contributed by atoms with Crippen LogP contribution in [0.5, 0.6) is 0 Å². The summed E-state index contributed by atoms with van der Waals surface area (Å²) in [5.41, 5.74) is 0. The van der Waals surface area contributed by atoms with Crippen LogP contribution in [-0.4, -0.2) is 24.2 Å². The van der Waals surface area contributed by atoms with Gasteiger partial charge in [-0.2, -0.15) is 0 Å². The molecule has 12 heavy (non-hydrogen) atoms. The van der Waals surface area contributed by atoms with Crippen molar-refractivity contribution >= 4 is 5.91 Å². The molecule has 1 amide bonds.